The van der Waals surface area contributed by atoms with Crippen LogP contribution in [-0.2, 0) is 0 Å². The molecule has 0 saturated heterocycles. The average molecular weight is 210 g/mol. The molecule has 86 valence electrons. The van der Waals surface area contributed by atoms with Gasteiger partial charge in [-0.05, 0) is 12.3 Å². The minimum atomic E-state index is -0.164. The second-order valence-electron chi connectivity index (χ2n) is 3.68. The fraction of sp³-hybridized carbons (Fsp3) is 0.750. The Hall–Kier alpha value is -1.17. The van der Waals surface area contributed by atoms with Crippen molar-refractivity contribution in [1.29, 1.82) is 0 Å². The van der Waals surface area contributed by atoms with Crippen LogP contribution in [0.3, 0.4) is 0 Å². The summed E-state index contributed by atoms with van der Waals surface area (Å²) in [6.45, 7) is 5.37. The van der Waals surface area contributed by atoms with E-state index in [-0.39, 0.29) is 12.6 Å². The molecule has 2 amide bonds. The van der Waals surface area contributed by atoms with Crippen LogP contribution in [0.5, 0.6) is 0 Å². The predicted octanol–water partition coefficient (Wildman–Crippen LogP) is 2.14. The van der Waals surface area contributed by atoms with Crippen LogP contribution >= 0.6 is 0 Å². The smallest absolute Gasteiger partial charge is 0.315 e. The molecule has 0 aromatic carbocycles. The number of terminal acetylenes is 1. The van der Waals surface area contributed by atoms with Gasteiger partial charge in [-0.3, -0.25) is 0 Å². The Labute approximate surface area is 93.0 Å². The maximum atomic E-state index is 11.2. The summed E-state index contributed by atoms with van der Waals surface area (Å²) in [6.07, 6.45) is 9.76. The van der Waals surface area contributed by atoms with Gasteiger partial charge in [-0.25, -0.2) is 4.79 Å². The van der Waals surface area contributed by atoms with E-state index in [1.807, 2.05) is 0 Å². The SMILES string of the molecule is C#CCNC(=O)NCC(CC)CCCC. The van der Waals surface area contributed by atoms with Crippen LogP contribution in [0.25, 0.3) is 0 Å². The molecule has 0 aromatic rings. The van der Waals surface area contributed by atoms with Crippen molar-refractivity contribution in [3.05, 3.63) is 0 Å². The van der Waals surface area contributed by atoms with Gasteiger partial charge in [0.25, 0.3) is 0 Å². The van der Waals surface area contributed by atoms with E-state index in [9.17, 15) is 4.79 Å². The van der Waals surface area contributed by atoms with Gasteiger partial charge in [0.2, 0.25) is 0 Å². The summed E-state index contributed by atoms with van der Waals surface area (Å²) in [5.41, 5.74) is 0. The van der Waals surface area contributed by atoms with Crippen molar-refractivity contribution in [3.8, 4) is 12.3 Å². The first-order valence-electron chi connectivity index (χ1n) is 5.69. The Morgan fingerprint density at radius 1 is 1.40 bits per heavy atom. The largest absolute Gasteiger partial charge is 0.338 e. The van der Waals surface area contributed by atoms with Gasteiger partial charge in [-0.2, -0.15) is 0 Å². The van der Waals surface area contributed by atoms with Crippen LogP contribution in [0.2, 0.25) is 0 Å². The lowest BCUT2D eigenvalue weighted by molar-refractivity contribution is 0.239. The van der Waals surface area contributed by atoms with E-state index < -0.39 is 0 Å². The Bertz CT molecular complexity index is 208. The molecule has 0 fully saturated rings. The van der Waals surface area contributed by atoms with Crippen molar-refractivity contribution in [2.24, 2.45) is 5.92 Å². The Kier molecular flexibility index (Phi) is 8.66. The molecule has 1 unspecified atom stereocenters. The highest BCUT2D eigenvalue weighted by Gasteiger charge is 2.07. The summed E-state index contributed by atoms with van der Waals surface area (Å²) in [5, 5.41) is 5.41. The molecule has 0 aliphatic carbocycles. The molecule has 3 nitrogen and oxygen atoms in total. The number of urea groups is 1. The molecule has 0 aliphatic rings. The molecule has 15 heavy (non-hydrogen) atoms. The normalized spacial score (nSPS) is 11.5. The number of rotatable bonds is 7. The second kappa shape index (κ2) is 9.39. The number of hydrogen-bond donors (Lipinski definition) is 2. The number of amides is 2. The van der Waals surface area contributed by atoms with Gasteiger partial charge >= 0.3 is 6.03 Å². The molecular weight excluding hydrogens is 188 g/mol. The fourth-order valence-electron chi connectivity index (χ4n) is 1.37. The van der Waals surface area contributed by atoms with E-state index >= 15 is 0 Å². The first-order valence-corrected chi connectivity index (χ1v) is 5.69. The molecule has 1 atom stereocenters. The summed E-state index contributed by atoms with van der Waals surface area (Å²) in [5.74, 6) is 2.95. The van der Waals surface area contributed by atoms with Crippen molar-refractivity contribution < 1.29 is 4.79 Å². The highest BCUT2D eigenvalue weighted by atomic mass is 16.2. The lowest BCUT2D eigenvalue weighted by atomic mass is 9.99. The monoisotopic (exact) mass is 210 g/mol. The third-order valence-corrected chi connectivity index (χ3v) is 2.45. The van der Waals surface area contributed by atoms with Crippen LogP contribution in [0.1, 0.15) is 39.5 Å². The predicted molar refractivity (Wildman–Crippen MR) is 63.5 cm³/mol. The molecule has 0 rings (SSSR count). The zero-order chi connectivity index (χ0) is 11.5. The van der Waals surface area contributed by atoms with E-state index in [2.05, 4.69) is 30.4 Å². The number of unbranched alkanes of at least 4 members (excludes halogenated alkanes) is 1. The maximum absolute atomic E-state index is 11.2. The molecule has 0 saturated carbocycles. The molecule has 0 aromatic heterocycles. The molecule has 0 heterocycles. The van der Waals surface area contributed by atoms with E-state index in [1.54, 1.807) is 0 Å². The Morgan fingerprint density at radius 3 is 2.67 bits per heavy atom. The van der Waals surface area contributed by atoms with Gasteiger partial charge in [0.1, 0.15) is 0 Å². The summed E-state index contributed by atoms with van der Waals surface area (Å²) in [6, 6.07) is -0.164. The number of hydrogen-bond acceptors (Lipinski definition) is 1. The van der Waals surface area contributed by atoms with Gasteiger partial charge in [-0.15, -0.1) is 6.42 Å². The van der Waals surface area contributed by atoms with Crippen molar-refractivity contribution in [1.82, 2.24) is 10.6 Å². The van der Waals surface area contributed by atoms with Crippen LogP contribution in [-0.4, -0.2) is 19.1 Å². The quantitative estimate of drug-likeness (QED) is 0.621. The highest BCUT2D eigenvalue weighted by Crippen LogP contribution is 2.10. The number of carbonyl (C=O) groups excluding carboxylic acids is 1. The standard InChI is InChI=1S/C12H22N2O/c1-4-7-8-11(6-3)10-14-12(15)13-9-5-2/h2,11H,4,6-10H2,1,3H3,(H2,13,14,15). The number of carbonyl (C=O) groups is 1. The molecular formula is C12H22N2O. The van der Waals surface area contributed by atoms with Gasteiger partial charge in [-0.1, -0.05) is 39.0 Å². The van der Waals surface area contributed by atoms with Gasteiger partial charge in [0, 0.05) is 6.54 Å². The minimum absolute atomic E-state index is 0.164. The van der Waals surface area contributed by atoms with E-state index in [1.165, 1.54) is 19.3 Å². The van der Waals surface area contributed by atoms with Crippen molar-refractivity contribution in [3.63, 3.8) is 0 Å². The lowest BCUT2D eigenvalue weighted by Crippen LogP contribution is -2.38. The summed E-state index contributed by atoms with van der Waals surface area (Å²) in [4.78, 5) is 11.2. The van der Waals surface area contributed by atoms with Crippen LogP contribution in [0, 0.1) is 18.3 Å². The van der Waals surface area contributed by atoms with E-state index in [4.69, 9.17) is 6.42 Å². The third-order valence-electron chi connectivity index (χ3n) is 2.45. The van der Waals surface area contributed by atoms with E-state index in [0.717, 1.165) is 13.0 Å². The Balaban J connectivity index is 3.61. The van der Waals surface area contributed by atoms with Crippen molar-refractivity contribution in [2.75, 3.05) is 13.1 Å². The van der Waals surface area contributed by atoms with Gasteiger partial charge in [0.15, 0.2) is 0 Å². The Morgan fingerprint density at radius 2 is 2.13 bits per heavy atom. The number of nitrogens with one attached hydrogen (secondary N) is 2. The third kappa shape index (κ3) is 7.87. The minimum Gasteiger partial charge on any atom is -0.338 e. The molecule has 0 bridgehead atoms. The molecule has 0 spiro atoms. The van der Waals surface area contributed by atoms with Crippen LogP contribution in [0.4, 0.5) is 4.79 Å². The highest BCUT2D eigenvalue weighted by molar-refractivity contribution is 5.74. The first kappa shape index (κ1) is 13.8. The van der Waals surface area contributed by atoms with Crippen molar-refractivity contribution >= 4 is 6.03 Å². The lowest BCUT2D eigenvalue weighted by Gasteiger charge is -2.15. The molecule has 0 radical (unpaired) electrons. The second-order valence-corrected chi connectivity index (χ2v) is 3.68. The zero-order valence-corrected chi connectivity index (χ0v) is 9.81. The average Bonchev–Trinajstić information content (AvgIpc) is 2.26. The first-order chi connectivity index (χ1) is 7.24. The van der Waals surface area contributed by atoms with Crippen molar-refractivity contribution in [2.45, 2.75) is 39.5 Å². The molecule has 0 aliphatic heterocycles. The van der Waals surface area contributed by atoms with E-state index in [0.29, 0.717) is 5.92 Å². The van der Waals surface area contributed by atoms with Gasteiger partial charge in [0.05, 0.1) is 6.54 Å². The molecule has 2 N–H and O–H groups in total. The van der Waals surface area contributed by atoms with Crippen LogP contribution < -0.4 is 10.6 Å². The van der Waals surface area contributed by atoms with Gasteiger partial charge < -0.3 is 10.6 Å². The maximum Gasteiger partial charge on any atom is 0.315 e. The summed E-state index contributed by atoms with van der Waals surface area (Å²) >= 11 is 0. The summed E-state index contributed by atoms with van der Waals surface area (Å²) in [7, 11) is 0. The summed E-state index contributed by atoms with van der Waals surface area (Å²) < 4.78 is 0. The fourth-order valence-corrected chi connectivity index (χ4v) is 1.37. The van der Waals surface area contributed by atoms with Crippen LogP contribution in [0.15, 0.2) is 0 Å². The molecule has 3 heteroatoms. The zero-order valence-electron chi connectivity index (χ0n) is 9.81. The topological polar surface area (TPSA) is 41.1 Å².